The van der Waals surface area contributed by atoms with Gasteiger partial charge in [-0.2, -0.15) is 0 Å². The normalized spacial score (nSPS) is 16.3. The van der Waals surface area contributed by atoms with Crippen molar-refractivity contribution < 1.29 is 4.79 Å². The van der Waals surface area contributed by atoms with E-state index in [1.807, 2.05) is 27.1 Å². The minimum absolute atomic E-state index is 0.0774. The second kappa shape index (κ2) is 4.78. The predicted octanol–water partition coefficient (Wildman–Crippen LogP) is 1.92. The van der Waals surface area contributed by atoms with E-state index in [1.165, 1.54) is 11.3 Å². The smallest absolute Gasteiger partial charge is 0.244 e. The number of anilines is 1. The van der Waals surface area contributed by atoms with Gasteiger partial charge in [-0.25, -0.2) is 0 Å². The summed E-state index contributed by atoms with van der Waals surface area (Å²) in [4.78, 5) is 15.9. The number of benzene rings is 1. The summed E-state index contributed by atoms with van der Waals surface area (Å²) in [6, 6.07) is 8.32. The Bertz CT molecular complexity index is 414. The number of para-hydroxylation sites is 1. The van der Waals surface area contributed by atoms with Gasteiger partial charge in [0.1, 0.15) is 6.04 Å². The van der Waals surface area contributed by atoms with Gasteiger partial charge in [0.05, 0.1) is 0 Å². The fraction of sp³-hybridized carbons (Fsp3) is 0.500. The number of hydrogen-bond donors (Lipinski definition) is 0. The molecular weight excluding hydrogens is 212 g/mol. The molecule has 2 rings (SSSR count). The summed E-state index contributed by atoms with van der Waals surface area (Å²) in [5.74, 6) is 0.168. The molecule has 1 unspecified atom stereocenters. The van der Waals surface area contributed by atoms with Crippen molar-refractivity contribution in [1.29, 1.82) is 0 Å². The molecule has 1 aromatic rings. The van der Waals surface area contributed by atoms with Gasteiger partial charge in [-0.1, -0.05) is 18.2 Å². The number of hydrogen-bond acceptors (Lipinski definition) is 2. The zero-order chi connectivity index (χ0) is 12.4. The van der Waals surface area contributed by atoms with Crippen molar-refractivity contribution in [3.05, 3.63) is 29.8 Å². The predicted molar refractivity (Wildman–Crippen MR) is 70.3 cm³/mol. The van der Waals surface area contributed by atoms with E-state index in [0.717, 1.165) is 19.4 Å². The topological polar surface area (TPSA) is 23.6 Å². The van der Waals surface area contributed by atoms with E-state index in [9.17, 15) is 4.79 Å². The zero-order valence-electron chi connectivity index (χ0n) is 10.8. The van der Waals surface area contributed by atoms with E-state index >= 15 is 0 Å². The monoisotopic (exact) mass is 232 g/mol. The van der Waals surface area contributed by atoms with E-state index < -0.39 is 0 Å². The highest BCUT2D eigenvalue weighted by Crippen LogP contribution is 2.28. The standard InChI is InChI=1S/C14H20N2O/c1-11(14(17)15(2)3)16-10-6-8-12-7-4-5-9-13(12)16/h4-5,7,9,11H,6,8,10H2,1-3H3. The molecule has 0 fully saturated rings. The second-order valence-electron chi connectivity index (χ2n) is 4.83. The highest BCUT2D eigenvalue weighted by atomic mass is 16.2. The number of carbonyl (C=O) groups is 1. The third-order valence-corrected chi connectivity index (χ3v) is 3.41. The van der Waals surface area contributed by atoms with E-state index in [1.54, 1.807) is 4.90 Å². The number of carbonyl (C=O) groups excluding carboxylic acids is 1. The molecule has 0 saturated heterocycles. The van der Waals surface area contributed by atoms with Crippen LogP contribution in [0.1, 0.15) is 18.9 Å². The van der Waals surface area contributed by atoms with Gasteiger partial charge in [-0.3, -0.25) is 4.79 Å². The molecule has 0 spiro atoms. The molecule has 1 heterocycles. The largest absolute Gasteiger partial charge is 0.360 e. The molecule has 1 aliphatic heterocycles. The average molecular weight is 232 g/mol. The maximum absolute atomic E-state index is 12.0. The Labute approximate surface area is 103 Å². The Balaban J connectivity index is 2.26. The lowest BCUT2D eigenvalue weighted by Crippen LogP contribution is -2.46. The van der Waals surface area contributed by atoms with E-state index in [0.29, 0.717) is 0 Å². The average Bonchev–Trinajstić information content (AvgIpc) is 2.36. The Morgan fingerprint density at radius 3 is 2.76 bits per heavy atom. The molecule has 3 heteroatoms. The second-order valence-corrected chi connectivity index (χ2v) is 4.83. The quantitative estimate of drug-likeness (QED) is 0.777. The number of likely N-dealkylation sites (N-methyl/N-ethyl adjacent to an activating group) is 1. The summed E-state index contributed by atoms with van der Waals surface area (Å²) in [7, 11) is 3.63. The fourth-order valence-corrected chi connectivity index (χ4v) is 2.47. The van der Waals surface area contributed by atoms with Crippen molar-refractivity contribution >= 4 is 11.6 Å². The Kier molecular flexibility index (Phi) is 3.36. The van der Waals surface area contributed by atoms with Crippen LogP contribution in [0.5, 0.6) is 0 Å². The molecule has 0 saturated carbocycles. The molecular formula is C14H20N2O. The Morgan fingerprint density at radius 1 is 1.35 bits per heavy atom. The third kappa shape index (κ3) is 2.28. The van der Waals surface area contributed by atoms with Crippen LogP contribution in [-0.2, 0) is 11.2 Å². The molecule has 0 radical (unpaired) electrons. The van der Waals surface area contributed by atoms with Crippen LogP contribution in [0.25, 0.3) is 0 Å². The number of aryl methyl sites for hydroxylation is 1. The van der Waals surface area contributed by atoms with Crippen molar-refractivity contribution in [2.45, 2.75) is 25.8 Å². The van der Waals surface area contributed by atoms with Crippen LogP contribution < -0.4 is 4.90 Å². The molecule has 17 heavy (non-hydrogen) atoms. The number of nitrogens with zero attached hydrogens (tertiary/aromatic N) is 2. The maximum atomic E-state index is 12.0. The fourth-order valence-electron chi connectivity index (χ4n) is 2.47. The molecule has 1 aromatic carbocycles. The first kappa shape index (κ1) is 12.0. The van der Waals surface area contributed by atoms with Gasteiger partial charge >= 0.3 is 0 Å². The van der Waals surface area contributed by atoms with Gasteiger partial charge in [0.2, 0.25) is 5.91 Å². The van der Waals surface area contributed by atoms with Gasteiger partial charge in [0.25, 0.3) is 0 Å². The van der Waals surface area contributed by atoms with Crippen molar-refractivity contribution in [2.75, 3.05) is 25.5 Å². The molecule has 3 nitrogen and oxygen atoms in total. The van der Waals surface area contributed by atoms with Gasteiger partial charge in [-0.15, -0.1) is 0 Å². The summed E-state index contributed by atoms with van der Waals surface area (Å²) in [5, 5.41) is 0. The van der Waals surface area contributed by atoms with Crippen molar-refractivity contribution in [3.63, 3.8) is 0 Å². The molecule has 0 aliphatic carbocycles. The summed E-state index contributed by atoms with van der Waals surface area (Å²) in [6.45, 7) is 2.96. The zero-order valence-corrected chi connectivity index (χ0v) is 10.8. The first-order valence-electron chi connectivity index (χ1n) is 6.17. The maximum Gasteiger partial charge on any atom is 0.244 e. The van der Waals surface area contributed by atoms with E-state index in [4.69, 9.17) is 0 Å². The lowest BCUT2D eigenvalue weighted by Gasteiger charge is -2.36. The van der Waals surface area contributed by atoms with Crippen molar-refractivity contribution in [2.24, 2.45) is 0 Å². The van der Waals surface area contributed by atoms with Crippen LogP contribution in [0.3, 0.4) is 0 Å². The van der Waals surface area contributed by atoms with Crippen LogP contribution in [-0.4, -0.2) is 37.5 Å². The summed E-state index contributed by atoms with van der Waals surface area (Å²) < 4.78 is 0. The van der Waals surface area contributed by atoms with E-state index in [-0.39, 0.29) is 11.9 Å². The SMILES string of the molecule is CC(C(=O)N(C)C)N1CCCc2ccccc21. The molecule has 0 N–H and O–H groups in total. The summed E-state index contributed by atoms with van der Waals surface area (Å²) in [6.07, 6.45) is 2.25. The Morgan fingerprint density at radius 2 is 2.06 bits per heavy atom. The van der Waals surface area contributed by atoms with Crippen LogP contribution in [0.15, 0.2) is 24.3 Å². The highest BCUT2D eigenvalue weighted by Gasteiger charge is 2.26. The van der Waals surface area contributed by atoms with Crippen molar-refractivity contribution in [3.8, 4) is 0 Å². The summed E-state index contributed by atoms with van der Waals surface area (Å²) in [5.41, 5.74) is 2.58. The lowest BCUT2D eigenvalue weighted by molar-refractivity contribution is -0.129. The van der Waals surface area contributed by atoms with E-state index in [2.05, 4.69) is 23.1 Å². The first-order chi connectivity index (χ1) is 8.11. The minimum atomic E-state index is -0.0774. The van der Waals surface area contributed by atoms with Crippen LogP contribution in [0.2, 0.25) is 0 Å². The van der Waals surface area contributed by atoms with Crippen molar-refractivity contribution in [1.82, 2.24) is 4.90 Å². The van der Waals surface area contributed by atoms with Crippen LogP contribution in [0.4, 0.5) is 5.69 Å². The molecule has 1 amide bonds. The Hall–Kier alpha value is -1.51. The van der Waals surface area contributed by atoms with Gasteiger partial charge in [-0.05, 0) is 31.4 Å². The summed E-state index contributed by atoms with van der Waals surface area (Å²) >= 11 is 0. The molecule has 92 valence electrons. The van der Waals surface area contributed by atoms with Gasteiger partial charge < -0.3 is 9.80 Å². The molecule has 0 aromatic heterocycles. The number of rotatable bonds is 2. The first-order valence-corrected chi connectivity index (χ1v) is 6.17. The molecule has 0 bridgehead atoms. The van der Waals surface area contributed by atoms with Crippen LogP contribution >= 0.6 is 0 Å². The van der Waals surface area contributed by atoms with Crippen LogP contribution in [0, 0.1) is 0 Å². The lowest BCUT2D eigenvalue weighted by atomic mass is 10.00. The molecule has 1 aliphatic rings. The number of fused-ring (bicyclic) bond motifs is 1. The third-order valence-electron chi connectivity index (χ3n) is 3.41. The highest BCUT2D eigenvalue weighted by molar-refractivity contribution is 5.85. The van der Waals surface area contributed by atoms with Gasteiger partial charge in [0.15, 0.2) is 0 Å². The molecule has 1 atom stereocenters. The minimum Gasteiger partial charge on any atom is -0.360 e. The number of amides is 1. The van der Waals surface area contributed by atoms with Gasteiger partial charge in [0, 0.05) is 26.3 Å².